The summed E-state index contributed by atoms with van der Waals surface area (Å²) < 4.78 is 85.0. The summed E-state index contributed by atoms with van der Waals surface area (Å²) in [5.41, 5.74) is 0. The van der Waals surface area contributed by atoms with Gasteiger partial charge in [0.25, 0.3) is 0 Å². The smallest absolute Gasteiger partial charge is 0.462 e. The summed E-state index contributed by atoms with van der Waals surface area (Å²) in [4.78, 5) is 9.64. The van der Waals surface area contributed by atoms with Crippen LogP contribution in [0.25, 0.3) is 0 Å². The molecule has 1 N–H and O–H groups in total. The topological polar surface area (TPSA) is 46.5 Å². The first-order valence-corrected chi connectivity index (χ1v) is 3.10. The van der Waals surface area contributed by atoms with Gasteiger partial charge in [-0.05, 0) is 0 Å². The lowest BCUT2D eigenvalue weighted by molar-refractivity contribution is -0.422. The van der Waals surface area contributed by atoms with Crippen LogP contribution in [0.4, 0.5) is 30.7 Å². The fraction of sp³-hybridized carbons (Fsp3) is 0.800. The van der Waals surface area contributed by atoms with Crippen molar-refractivity contribution in [3.63, 3.8) is 0 Å². The molecule has 0 atom stereocenters. The van der Waals surface area contributed by atoms with Gasteiger partial charge in [-0.25, -0.2) is 4.79 Å². The lowest BCUT2D eigenvalue weighted by Gasteiger charge is -2.26. The Hall–Kier alpha value is -1.06. The van der Waals surface area contributed by atoms with Crippen LogP contribution in [0.5, 0.6) is 0 Å². The van der Waals surface area contributed by atoms with Gasteiger partial charge in [0.15, 0.2) is 6.61 Å². The number of hydrogen-bond donors (Lipinski definition) is 1. The Morgan fingerprint density at radius 3 is 1.73 bits per heavy atom. The highest BCUT2D eigenvalue weighted by molar-refractivity contribution is 5.68. The Morgan fingerprint density at radius 1 is 1.07 bits per heavy atom. The van der Waals surface area contributed by atoms with Crippen LogP contribution in [0.1, 0.15) is 0 Å². The number of ether oxygens (including phenoxy) is 1. The molecule has 0 aromatic heterocycles. The lowest BCUT2D eigenvalue weighted by atomic mass is 10.3. The van der Waals surface area contributed by atoms with E-state index in [1.807, 2.05) is 0 Å². The van der Waals surface area contributed by atoms with Gasteiger partial charge in [-0.2, -0.15) is 30.7 Å². The predicted octanol–water partition coefficient (Wildman–Crippen LogP) is 1.88. The largest absolute Gasteiger partial charge is 0.480 e. The van der Waals surface area contributed by atoms with Crippen LogP contribution in [0.2, 0.25) is 0 Å². The van der Waals surface area contributed by atoms with E-state index < -0.39 is 30.8 Å². The zero-order chi connectivity index (χ0) is 12.5. The third kappa shape index (κ3) is 2.94. The molecule has 0 aromatic carbocycles. The molecule has 0 aromatic rings. The van der Waals surface area contributed by atoms with E-state index in [0.717, 1.165) is 0 Å². The number of hydrogen-bond acceptors (Lipinski definition) is 2. The van der Waals surface area contributed by atoms with Crippen molar-refractivity contribution in [2.45, 2.75) is 18.2 Å². The number of carbonyl (C=O) groups is 1. The van der Waals surface area contributed by atoms with E-state index >= 15 is 0 Å². The summed E-state index contributed by atoms with van der Waals surface area (Å²) in [7, 11) is 0. The van der Waals surface area contributed by atoms with Gasteiger partial charge in [0.2, 0.25) is 0 Å². The predicted molar refractivity (Wildman–Crippen MR) is 29.5 cm³/mol. The van der Waals surface area contributed by atoms with Crippen LogP contribution >= 0.6 is 0 Å². The van der Waals surface area contributed by atoms with Crippen LogP contribution in [0, 0.1) is 0 Å². The van der Waals surface area contributed by atoms with Crippen molar-refractivity contribution in [1.82, 2.24) is 0 Å². The third-order valence-corrected chi connectivity index (χ3v) is 1.10. The minimum Gasteiger partial charge on any atom is -0.480 e. The molecule has 0 saturated heterocycles. The second-order valence-electron chi connectivity index (χ2n) is 2.27. The molecule has 0 aliphatic heterocycles. The summed E-state index contributed by atoms with van der Waals surface area (Å²) in [5.74, 6) is -8.55. The first-order chi connectivity index (χ1) is 6.42. The Labute approximate surface area is 77.4 Å². The molecule has 0 aliphatic carbocycles. The van der Waals surface area contributed by atoms with Crippen LogP contribution in [0.3, 0.4) is 0 Å². The van der Waals surface area contributed by atoms with Crippen LogP contribution in [0.15, 0.2) is 0 Å². The average molecular weight is 246 g/mol. The molecule has 0 bridgehead atoms. The first-order valence-electron chi connectivity index (χ1n) is 3.10. The molecule has 10 heteroatoms. The molecule has 0 amide bonds. The van der Waals surface area contributed by atoms with E-state index in [4.69, 9.17) is 5.11 Å². The second-order valence-corrected chi connectivity index (χ2v) is 2.27. The van der Waals surface area contributed by atoms with Gasteiger partial charge in [-0.1, -0.05) is 0 Å². The number of rotatable bonds is 4. The number of halogens is 7. The van der Waals surface area contributed by atoms with Crippen LogP contribution in [-0.4, -0.2) is 35.9 Å². The minimum absolute atomic E-state index is 1.97. The van der Waals surface area contributed by atoms with Crippen molar-refractivity contribution in [3.05, 3.63) is 0 Å². The van der Waals surface area contributed by atoms with Crippen LogP contribution in [-0.2, 0) is 9.53 Å². The van der Waals surface area contributed by atoms with E-state index in [9.17, 15) is 35.5 Å². The van der Waals surface area contributed by atoms with Crippen molar-refractivity contribution in [2.75, 3.05) is 6.61 Å². The highest BCUT2D eigenvalue weighted by Crippen LogP contribution is 2.46. The maximum atomic E-state index is 12.1. The van der Waals surface area contributed by atoms with Crippen molar-refractivity contribution in [3.8, 4) is 0 Å². The molecule has 0 heterocycles. The Balaban J connectivity index is 4.77. The number of carboxylic acids is 1. The molecule has 0 spiro atoms. The molecule has 15 heavy (non-hydrogen) atoms. The molecule has 0 saturated carbocycles. The fourth-order valence-electron chi connectivity index (χ4n) is 0.408. The van der Waals surface area contributed by atoms with Crippen molar-refractivity contribution >= 4 is 5.97 Å². The van der Waals surface area contributed by atoms with Gasteiger partial charge >= 0.3 is 24.2 Å². The zero-order valence-electron chi connectivity index (χ0n) is 6.62. The summed E-state index contributed by atoms with van der Waals surface area (Å²) in [6.07, 6.45) is -12.5. The fourth-order valence-corrected chi connectivity index (χ4v) is 0.408. The molecule has 0 unspecified atom stereocenters. The van der Waals surface area contributed by atoms with E-state index in [-0.39, 0.29) is 0 Å². The van der Waals surface area contributed by atoms with E-state index in [2.05, 4.69) is 4.74 Å². The van der Waals surface area contributed by atoms with Gasteiger partial charge in [0.05, 0.1) is 0 Å². The summed E-state index contributed by atoms with van der Waals surface area (Å²) in [6.45, 7) is -1.97. The molecular weight excluding hydrogens is 243 g/mol. The third-order valence-electron chi connectivity index (χ3n) is 1.10. The monoisotopic (exact) mass is 246 g/mol. The number of alkyl halides is 7. The zero-order valence-corrected chi connectivity index (χ0v) is 6.62. The molecule has 3 nitrogen and oxygen atoms in total. The lowest BCUT2D eigenvalue weighted by Crippen LogP contribution is -2.53. The maximum Gasteiger partial charge on any atom is 0.462 e. The Morgan fingerprint density at radius 2 is 1.47 bits per heavy atom. The normalized spacial score (nSPS) is 14.1. The quantitative estimate of drug-likeness (QED) is 0.608. The molecule has 0 radical (unpaired) electrons. The van der Waals surface area contributed by atoms with Gasteiger partial charge in [0, 0.05) is 0 Å². The van der Waals surface area contributed by atoms with Gasteiger partial charge in [-0.3, -0.25) is 0 Å². The highest BCUT2D eigenvalue weighted by Gasteiger charge is 2.74. The van der Waals surface area contributed by atoms with Crippen molar-refractivity contribution in [1.29, 1.82) is 0 Å². The molecule has 0 fully saturated rings. The maximum absolute atomic E-state index is 12.1. The van der Waals surface area contributed by atoms with Crippen molar-refractivity contribution in [2.24, 2.45) is 0 Å². The Bertz CT molecular complexity index is 246. The second kappa shape index (κ2) is 3.83. The number of carboxylic acid groups (broad SMARTS) is 1. The van der Waals surface area contributed by atoms with E-state index in [0.29, 0.717) is 0 Å². The first kappa shape index (κ1) is 13.9. The molecule has 90 valence electrons. The summed E-state index contributed by atoms with van der Waals surface area (Å²) >= 11 is 0. The summed E-state index contributed by atoms with van der Waals surface area (Å²) in [5, 5.41) is 7.76. The van der Waals surface area contributed by atoms with Crippen LogP contribution < -0.4 is 0 Å². The molecule has 0 rings (SSSR count). The van der Waals surface area contributed by atoms with Gasteiger partial charge in [-0.15, -0.1) is 0 Å². The van der Waals surface area contributed by atoms with E-state index in [1.165, 1.54) is 0 Å². The Kier molecular flexibility index (Phi) is 3.56. The molecular formula is C5H3F7O3. The van der Waals surface area contributed by atoms with Gasteiger partial charge in [0.1, 0.15) is 0 Å². The van der Waals surface area contributed by atoms with Crippen molar-refractivity contribution < 1.29 is 45.4 Å². The minimum atomic E-state index is -6.53. The summed E-state index contributed by atoms with van der Waals surface area (Å²) in [6, 6.07) is 0. The molecule has 0 aliphatic rings. The standard InChI is InChI=1S/C5H3F7O3/c6-3(7,4(8,9)10)5(11,12)15-1-2(13)14/h1H2,(H,13,14)/i1+1,2+1. The number of aliphatic carboxylic acids is 1. The average Bonchev–Trinajstić information content (AvgIpc) is 1.98. The van der Waals surface area contributed by atoms with E-state index in [1.54, 1.807) is 0 Å². The SMILES string of the molecule is O=[13C](O)[13CH2]OC(F)(F)C(F)(F)C(F)(F)F. The van der Waals surface area contributed by atoms with Gasteiger partial charge < -0.3 is 9.84 Å². The highest BCUT2D eigenvalue weighted by atomic mass is 19.4.